The normalized spacial score (nSPS) is 15.2. The molecule has 1 aromatic rings. The maximum atomic E-state index is 12.1. The molecule has 0 aliphatic carbocycles. The summed E-state index contributed by atoms with van der Waals surface area (Å²) in [5.74, 6) is 0. The smallest absolute Gasteiger partial charge is 0.241 e. The third kappa shape index (κ3) is 5.15. The van der Waals surface area contributed by atoms with E-state index in [0.29, 0.717) is 10.9 Å². The molecule has 0 saturated carbocycles. The van der Waals surface area contributed by atoms with Crippen LogP contribution >= 0.6 is 31.9 Å². The Bertz CT molecular complexity index is 544. The lowest BCUT2D eigenvalue weighted by Crippen LogP contribution is -2.40. The van der Waals surface area contributed by atoms with Crippen molar-refractivity contribution in [2.75, 3.05) is 6.54 Å². The van der Waals surface area contributed by atoms with E-state index in [1.165, 1.54) is 6.07 Å². The van der Waals surface area contributed by atoms with Crippen molar-refractivity contribution in [1.29, 1.82) is 0 Å². The molecule has 19 heavy (non-hydrogen) atoms. The van der Waals surface area contributed by atoms with E-state index < -0.39 is 15.6 Å². The fraction of sp³-hybridized carbons (Fsp3) is 0.500. The Balaban J connectivity index is 2.87. The Morgan fingerprint density at radius 2 is 2.00 bits per heavy atom. The zero-order valence-electron chi connectivity index (χ0n) is 10.8. The third-order valence-corrected chi connectivity index (χ3v) is 5.49. The number of rotatable bonds is 6. The van der Waals surface area contributed by atoms with Crippen molar-refractivity contribution < 1.29 is 13.5 Å². The van der Waals surface area contributed by atoms with Gasteiger partial charge in [0.25, 0.3) is 0 Å². The second-order valence-corrected chi connectivity index (χ2v) is 8.15. The molecule has 7 heteroatoms. The molecule has 1 rings (SSSR count). The summed E-state index contributed by atoms with van der Waals surface area (Å²) in [6.45, 7) is 3.55. The SMILES string of the molecule is CCCC(C)(O)CNS(=O)(=O)c1ccc(Br)cc1Br. The van der Waals surface area contributed by atoms with Crippen LogP contribution in [0, 0.1) is 0 Å². The highest BCUT2D eigenvalue weighted by atomic mass is 79.9. The first-order valence-corrected chi connectivity index (χ1v) is 8.92. The second kappa shape index (κ2) is 6.67. The number of sulfonamides is 1. The number of nitrogens with one attached hydrogen (secondary N) is 1. The minimum atomic E-state index is -3.64. The highest BCUT2D eigenvalue weighted by Gasteiger charge is 2.24. The molecule has 2 N–H and O–H groups in total. The molecule has 0 bridgehead atoms. The van der Waals surface area contributed by atoms with E-state index in [1.54, 1.807) is 19.1 Å². The average molecular weight is 415 g/mol. The Labute approximate surface area is 130 Å². The van der Waals surface area contributed by atoms with Crippen LogP contribution in [0.3, 0.4) is 0 Å². The molecule has 1 atom stereocenters. The largest absolute Gasteiger partial charge is 0.389 e. The van der Waals surface area contributed by atoms with Gasteiger partial charge in [0, 0.05) is 15.5 Å². The summed E-state index contributed by atoms with van der Waals surface area (Å²) in [5.41, 5.74) is -1.04. The van der Waals surface area contributed by atoms with E-state index in [-0.39, 0.29) is 11.4 Å². The quantitative estimate of drug-likeness (QED) is 0.751. The molecule has 4 nitrogen and oxygen atoms in total. The maximum Gasteiger partial charge on any atom is 0.241 e. The van der Waals surface area contributed by atoms with Gasteiger partial charge in [0.15, 0.2) is 0 Å². The van der Waals surface area contributed by atoms with Gasteiger partial charge in [-0.25, -0.2) is 13.1 Å². The van der Waals surface area contributed by atoms with Crippen molar-refractivity contribution in [1.82, 2.24) is 4.72 Å². The molecule has 0 radical (unpaired) electrons. The summed E-state index contributed by atoms with van der Waals surface area (Å²) >= 11 is 6.49. The van der Waals surface area contributed by atoms with Gasteiger partial charge in [0.05, 0.1) is 10.5 Å². The molecule has 0 heterocycles. The summed E-state index contributed by atoms with van der Waals surface area (Å²) in [4.78, 5) is 0.156. The van der Waals surface area contributed by atoms with Crippen molar-refractivity contribution in [3.63, 3.8) is 0 Å². The van der Waals surface area contributed by atoms with Crippen LogP contribution in [0.25, 0.3) is 0 Å². The van der Waals surface area contributed by atoms with Crippen molar-refractivity contribution in [2.24, 2.45) is 0 Å². The molecular formula is C12H17Br2NO3S. The van der Waals surface area contributed by atoms with Gasteiger partial charge in [-0.2, -0.15) is 0 Å². The van der Waals surface area contributed by atoms with Crippen LogP contribution in [0.15, 0.2) is 32.0 Å². The van der Waals surface area contributed by atoms with Gasteiger partial charge in [-0.05, 0) is 47.5 Å². The molecule has 0 aliphatic rings. The Hall–Kier alpha value is 0.0500. The molecule has 0 aliphatic heterocycles. The van der Waals surface area contributed by atoms with Gasteiger partial charge in [-0.3, -0.25) is 0 Å². The lowest BCUT2D eigenvalue weighted by atomic mass is 10.0. The maximum absolute atomic E-state index is 12.1. The molecule has 0 fully saturated rings. The zero-order valence-corrected chi connectivity index (χ0v) is 14.8. The summed E-state index contributed by atoms with van der Waals surface area (Å²) in [6, 6.07) is 4.83. The predicted molar refractivity (Wildman–Crippen MR) is 82.6 cm³/mol. The first-order valence-electron chi connectivity index (χ1n) is 5.85. The summed E-state index contributed by atoms with van der Waals surface area (Å²) in [6.07, 6.45) is 1.33. The average Bonchev–Trinajstić information content (AvgIpc) is 2.26. The monoisotopic (exact) mass is 413 g/mol. The van der Waals surface area contributed by atoms with Crippen molar-refractivity contribution in [3.8, 4) is 0 Å². The summed E-state index contributed by atoms with van der Waals surface area (Å²) in [5, 5.41) is 9.99. The van der Waals surface area contributed by atoms with Gasteiger partial charge in [0.2, 0.25) is 10.0 Å². The minimum absolute atomic E-state index is 0.00826. The molecule has 1 aromatic carbocycles. The second-order valence-electron chi connectivity index (χ2n) is 4.65. The van der Waals surface area contributed by atoms with E-state index in [4.69, 9.17) is 0 Å². The highest BCUT2D eigenvalue weighted by molar-refractivity contribution is 9.11. The lowest BCUT2D eigenvalue weighted by molar-refractivity contribution is 0.0554. The molecule has 0 spiro atoms. The highest BCUT2D eigenvalue weighted by Crippen LogP contribution is 2.25. The van der Waals surface area contributed by atoms with Gasteiger partial charge >= 0.3 is 0 Å². The van der Waals surface area contributed by atoms with E-state index in [2.05, 4.69) is 36.6 Å². The molecule has 0 amide bonds. The van der Waals surface area contributed by atoms with Crippen LogP contribution < -0.4 is 4.72 Å². The van der Waals surface area contributed by atoms with E-state index in [9.17, 15) is 13.5 Å². The number of benzene rings is 1. The van der Waals surface area contributed by atoms with Crippen LogP contribution in [0.2, 0.25) is 0 Å². The Kier molecular flexibility index (Phi) is 6.00. The molecular weight excluding hydrogens is 398 g/mol. The van der Waals surface area contributed by atoms with Gasteiger partial charge in [-0.1, -0.05) is 29.3 Å². The Morgan fingerprint density at radius 3 is 2.53 bits per heavy atom. The first-order chi connectivity index (χ1) is 8.68. The van der Waals surface area contributed by atoms with Gasteiger partial charge < -0.3 is 5.11 Å². The number of hydrogen-bond donors (Lipinski definition) is 2. The summed E-state index contributed by atoms with van der Waals surface area (Å²) < 4.78 is 28.0. The minimum Gasteiger partial charge on any atom is -0.389 e. The lowest BCUT2D eigenvalue weighted by Gasteiger charge is -2.23. The van der Waals surface area contributed by atoms with Crippen molar-refractivity contribution in [2.45, 2.75) is 37.2 Å². The number of halogens is 2. The van der Waals surface area contributed by atoms with Crippen LogP contribution in [-0.4, -0.2) is 25.7 Å². The van der Waals surface area contributed by atoms with Crippen LogP contribution in [-0.2, 0) is 10.0 Å². The van der Waals surface area contributed by atoms with Crippen molar-refractivity contribution in [3.05, 3.63) is 27.1 Å². The Morgan fingerprint density at radius 1 is 1.37 bits per heavy atom. The molecule has 108 valence electrons. The van der Waals surface area contributed by atoms with E-state index in [1.807, 2.05) is 6.92 Å². The van der Waals surface area contributed by atoms with Gasteiger partial charge in [-0.15, -0.1) is 0 Å². The van der Waals surface area contributed by atoms with Crippen LogP contribution in [0.4, 0.5) is 0 Å². The van der Waals surface area contributed by atoms with Crippen LogP contribution in [0.5, 0.6) is 0 Å². The van der Waals surface area contributed by atoms with Gasteiger partial charge in [0.1, 0.15) is 0 Å². The predicted octanol–water partition coefficient (Wildman–Crippen LogP) is 3.04. The molecule has 1 unspecified atom stereocenters. The van der Waals surface area contributed by atoms with Crippen LogP contribution in [0.1, 0.15) is 26.7 Å². The fourth-order valence-electron chi connectivity index (χ4n) is 1.65. The first kappa shape index (κ1) is 17.1. The number of hydrogen-bond acceptors (Lipinski definition) is 3. The number of aliphatic hydroxyl groups is 1. The topological polar surface area (TPSA) is 66.4 Å². The zero-order chi connectivity index (χ0) is 14.7. The molecule has 0 saturated heterocycles. The van der Waals surface area contributed by atoms with E-state index >= 15 is 0 Å². The summed E-state index contributed by atoms with van der Waals surface area (Å²) in [7, 11) is -3.64. The standard InChI is InChI=1S/C12H17Br2NO3S/c1-3-6-12(2,16)8-15-19(17,18)11-5-4-9(13)7-10(11)14/h4-5,7,15-16H,3,6,8H2,1-2H3. The third-order valence-electron chi connectivity index (χ3n) is 2.62. The van der Waals surface area contributed by atoms with Crippen molar-refractivity contribution >= 4 is 41.9 Å². The van der Waals surface area contributed by atoms with E-state index in [0.717, 1.165) is 10.9 Å². The fourth-order valence-corrected chi connectivity index (χ4v) is 4.55. The molecule has 0 aromatic heterocycles.